The first-order valence-corrected chi connectivity index (χ1v) is 6.32. The second kappa shape index (κ2) is 4.35. The summed E-state index contributed by atoms with van der Waals surface area (Å²) in [4.78, 5) is 0. The van der Waals surface area contributed by atoms with Gasteiger partial charge in [-0.25, -0.2) is 4.39 Å². The van der Waals surface area contributed by atoms with Crippen LogP contribution in [0, 0.1) is 0 Å². The van der Waals surface area contributed by atoms with Gasteiger partial charge < -0.3 is 9.31 Å². The van der Waals surface area contributed by atoms with E-state index in [1.165, 1.54) is 6.92 Å². The minimum absolute atomic E-state index is 0.344. The number of halogens is 1. The summed E-state index contributed by atoms with van der Waals surface area (Å²) in [5, 5.41) is 0. The van der Waals surface area contributed by atoms with Crippen molar-refractivity contribution >= 4 is 12.6 Å². The second-order valence-corrected chi connectivity index (χ2v) is 5.87. The zero-order valence-corrected chi connectivity index (χ0v) is 11.7. The number of alkyl halides is 1. The molecule has 0 bridgehead atoms. The minimum Gasteiger partial charge on any atom is -0.399 e. The van der Waals surface area contributed by atoms with E-state index < -0.39 is 6.17 Å². The van der Waals surface area contributed by atoms with Crippen LogP contribution >= 0.6 is 0 Å². The average molecular weight is 250 g/mol. The van der Waals surface area contributed by atoms with Gasteiger partial charge in [-0.3, -0.25) is 0 Å². The van der Waals surface area contributed by atoms with Crippen molar-refractivity contribution in [3.63, 3.8) is 0 Å². The van der Waals surface area contributed by atoms with Gasteiger partial charge in [0.2, 0.25) is 0 Å². The highest BCUT2D eigenvalue weighted by Gasteiger charge is 2.51. The first-order chi connectivity index (χ1) is 8.23. The third-order valence-electron chi connectivity index (χ3n) is 3.92. The van der Waals surface area contributed by atoms with Gasteiger partial charge in [0.25, 0.3) is 0 Å². The lowest BCUT2D eigenvalue weighted by Crippen LogP contribution is -2.41. The predicted octanol–water partition coefficient (Wildman–Crippen LogP) is 3.02. The number of benzene rings is 1. The summed E-state index contributed by atoms with van der Waals surface area (Å²) in [5.41, 5.74) is 0.918. The van der Waals surface area contributed by atoms with Crippen molar-refractivity contribution in [3.05, 3.63) is 29.8 Å². The Hall–Kier alpha value is -0.865. The van der Waals surface area contributed by atoms with Gasteiger partial charge in [0.1, 0.15) is 6.17 Å². The Bertz CT molecular complexity index is 410. The van der Waals surface area contributed by atoms with Crippen molar-refractivity contribution in [1.29, 1.82) is 0 Å². The molecule has 1 fully saturated rings. The van der Waals surface area contributed by atoms with Gasteiger partial charge in [0.05, 0.1) is 11.2 Å². The van der Waals surface area contributed by atoms with Gasteiger partial charge in [0.15, 0.2) is 0 Å². The van der Waals surface area contributed by atoms with Gasteiger partial charge in [-0.15, -0.1) is 0 Å². The van der Waals surface area contributed by atoms with E-state index in [4.69, 9.17) is 9.31 Å². The molecule has 1 aromatic carbocycles. The number of hydrogen-bond acceptors (Lipinski definition) is 2. The van der Waals surface area contributed by atoms with Crippen molar-refractivity contribution in [2.24, 2.45) is 0 Å². The summed E-state index contributed by atoms with van der Waals surface area (Å²) >= 11 is 0. The summed E-state index contributed by atoms with van der Waals surface area (Å²) < 4.78 is 25.0. The molecule has 1 saturated heterocycles. The van der Waals surface area contributed by atoms with Crippen molar-refractivity contribution in [2.45, 2.75) is 52.0 Å². The molecule has 2 nitrogen and oxygen atoms in total. The number of hydrogen-bond donors (Lipinski definition) is 0. The molecule has 1 heterocycles. The van der Waals surface area contributed by atoms with Crippen LogP contribution in [0.25, 0.3) is 0 Å². The van der Waals surface area contributed by atoms with Crippen molar-refractivity contribution in [2.75, 3.05) is 0 Å². The fourth-order valence-electron chi connectivity index (χ4n) is 1.90. The monoisotopic (exact) mass is 250 g/mol. The lowest BCUT2D eigenvalue weighted by Gasteiger charge is -2.32. The third-order valence-corrected chi connectivity index (χ3v) is 3.92. The van der Waals surface area contributed by atoms with E-state index in [0.29, 0.717) is 5.56 Å². The van der Waals surface area contributed by atoms with Gasteiger partial charge >= 0.3 is 7.12 Å². The Labute approximate surface area is 109 Å². The summed E-state index contributed by atoms with van der Waals surface area (Å²) in [7, 11) is -0.376. The molecule has 1 atom stereocenters. The van der Waals surface area contributed by atoms with Crippen LogP contribution in [0.1, 0.15) is 46.4 Å². The van der Waals surface area contributed by atoms with E-state index in [2.05, 4.69) is 0 Å². The zero-order chi connectivity index (χ0) is 13.6. The first-order valence-electron chi connectivity index (χ1n) is 6.32. The third kappa shape index (κ3) is 2.32. The predicted molar refractivity (Wildman–Crippen MR) is 71.7 cm³/mol. The van der Waals surface area contributed by atoms with Crippen molar-refractivity contribution in [1.82, 2.24) is 0 Å². The molecule has 98 valence electrons. The topological polar surface area (TPSA) is 18.5 Å². The molecule has 0 spiro atoms. The van der Waals surface area contributed by atoms with Crippen molar-refractivity contribution in [3.8, 4) is 0 Å². The largest absolute Gasteiger partial charge is 0.494 e. The van der Waals surface area contributed by atoms with E-state index in [0.717, 1.165) is 5.46 Å². The van der Waals surface area contributed by atoms with Crippen LogP contribution in [0.4, 0.5) is 4.39 Å². The van der Waals surface area contributed by atoms with Gasteiger partial charge in [-0.2, -0.15) is 0 Å². The fourth-order valence-corrected chi connectivity index (χ4v) is 1.90. The molecule has 1 aliphatic rings. The maximum absolute atomic E-state index is 13.1. The lowest BCUT2D eigenvalue weighted by molar-refractivity contribution is 0.00578. The van der Waals surface area contributed by atoms with Crippen LogP contribution in [0.2, 0.25) is 0 Å². The smallest absolute Gasteiger partial charge is 0.399 e. The maximum Gasteiger partial charge on any atom is 0.494 e. The van der Waals surface area contributed by atoms with E-state index in [1.54, 1.807) is 12.1 Å². The molecular weight excluding hydrogens is 230 g/mol. The molecule has 0 amide bonds. The van der Waals surface area contributed by atoms with E-state index in [9.17, 15) is 4.39 Å². The van der Waals surface area contributed by atoms with E-state index in [-0.39, 0.29) is 18.3 Å². The van der Waals surface area contributed by atoms with Crippen LogP contribution in [0.15, 0.2) is 24.3 Å². The lowest BCUT2D eigenvalue weighted by atomic mass is 9.79. The Balaban J connectivity index is 2.19. The number of rotatable bonds is 2. The maximum atomic E-state index is 13.1. The first kappa shape index (κ1) is 13.6. The van der Waals surface area contributed by atoms with Gasteiger partial charge in [-0.1, -0.05) is 24.3 Å². The Morgan fingerprint density at radius 3 is 1.83 bits per heavy atom. The highest BCUT2D eigenvalue weighted by atomic mass is 19.1. The SMILES string of the molecule is CC(F)c1ccc(B2OC(C)(C)C(C)(C)O2)cc1. The minimum atomic E-state index is -0.947. The Morgan fingerprint density at radius 1 is 1.00 bits per heavy atom. The van der Waals surface area contributed by atoms with Crippen LogP contribution in [-0.4, -0.2) is 18.3 Å². The summed E-state index contributed by atoms with van der Waals surface area (Å²) in [5.74, 6) is 0. The highest BCUT2D eigenvalue weighted by molar-refractivity contribution is 6.62. The van der Waals surface area contributed by atoms with Crippen LogP contribution in [0.3, 0.4) is 0 Å². The fraction of sp³-hybridized carbons (Fsp3) is 0.571. The Kier molecular flexibility index (Phi) is 3.28. The Morgan fingerprint density at radius 2 is 1.44 bits per heavy atom. The summed E-state index contributed by atoms with van der Waals surface area (Å²) in [6.45, 7) is 9.61. The highest BCUT2D eigenvalue weighted by Crippen LogP contribution is 2.36. The molecule has 1 aromatic rings. The molecule has 0 radical (unpaired) electrons. The normalized spacial score (nSPS) is 23.1. The molecule has 18 heavy (non-hydrogen) atoms. The quantitative estimate of drug-likeness (QED) is 0.751. The summed E-state index contributed by atoms with van der Waals surface area (Å²) in [6.07, 6.45) is -0.947. The van der Waals surface area contributed by atoms with Gasteiger partial charge in [-0.05, 0) is 45.6 Å². The standard InChI is InChI=1S/C14H20BFO2/c1-10(16)11-6-8-12(9-7-11)15-17-13(2,3)14(4,5)18-15/h6-10H,1-5H3. The van der Waals surface area contributed by atoms with Crippen LogP contribution < -0.4 is 5.46 Å². The van der Waals surface area contributed by atoms with E-state index in [1.807, 2.05) is 39.8 Å². The molecule has 2 rings (SSSR count). The molecule has 1 aliphatic heterocycles. The molecular formula is C14H20BFO2. The average Bonchev–Trinajstić information content (AvgIpc) is 2.48. The van der Waals surface area contributed by atoms with Crippen LogP contribution in [-0.2, 0) is 9.31 Å². The molecule has 0 aromatic heterocycles. The molecule has 0 saturated carbocycles. The van der Waals surface area contributed by atoms with Gasteiger partial charge in [0, 0.05) is 0 Å². The van der Waals surface area contributed by atoms with Crippen LogP contribution in [0.5, 0.6) is 0 Å². The molecule has 1 unspecified atom stereocenters. The van der Waals surface area contributed by atoms with E-state index >= 15 is 0 Å². The summed E-state index contributed by atoms with van der Waals surface area (Å²) in [6, 6.07) is 7.30. The molecule has 4 heteroatoms. The second-order valence-electron chi connectivity index (χ2n) is 5.87. The van der Waals surface area contributed by atoms with Crippen molar-refractivity contribution < 1.29 is 13.7 Å². The zero-order valence-electron chi connectivity index (χ0n) is 11.7. The molecule has 0 aliphatic carbocycles. The molecule has 0 N–H and O–H groups in total.